The number of aliphatic carboxylic acids is 1. The first-order valence-electron chi connectivity index (χ1n) is 4.83. The van der Waals surface area contributed by atoms with E-state index in [1.807, 2.05) is 5.32 Å². The van der Waals surface area contributed by atoms with Crippen molar-refractivity contribution in [3.05, 3.63) is 0 Å². The fourth-order valence-electron chi connectivity index (χ4n) is 2.66. The summed E-state index contributed by atoms with van der Waals surface area (Å²) in [5.41, 5.74) is 0. The van der Waals surface area contributed by atoms with Crippen LogP contribution in [0.2, 0.25) is 0 Å². The van der Waals surface area contributed by atoms with E-state index >= 15 is 0 Å². The molecule has 0 spiro atoms. The van der Waals surface area contributed by atoms with Crippen LogP contribution in [0.25, 0.3) is 0 Å². The average molecular weight is 169 g/mol. The van der Waals surface area contributed by atoms with Crippen LogP contribution in [-0.4, -0.2) is 18.1 Å². The maximum absolute atomic E-state index is 10.6. The number of fused-ring (bicyclic) bond motifs is 1. The number of quaternary nitrogens is 1. The third-order valence-corrected chi connectivity index (χ3v) is 3.31. The lowest BCUT2D eigenvalue weighted by atomic mass is 9.85. The Kier molecular flexibility index (Phi) is 2.05. The number of nitrogens with two attached hydrogens (primary N) is 1. The first-order chi connectivity index (χ1) is 5.77. The molecule has 0 bridgehead atoms. The van der Waals surface area contributed by atoms with Crippen LogP contribution in [0.4, 0.5) is 0 Å². The van der Waals surface area contributed by atoms with Gasteiger partial charge in [0.1, 0.15) is 6.04 Å². The summed E-state index contributed by atoms with van der Waals surface area (Å²) in [5.74, 6) is -0.217. The number of hydrogen-bond donors (Lipinski definition) is 1. The van der Waals surface area contributed by atoms with Gasteiger partial charge in [-0.3, -0.25) is 0 Å². The molecular weight excluding hydrogens is 154 g/mol. The average Bonchev–Trinajstić information content (AvgIpc) is 2.46. The minimum absolute atomic E-state index is 0.252. The molecule has 3 heteroatoms. The zero-order valence-electron chi connectivity index (χ0n) is 7.16. The van der Waals surface area contributed by atoms with Crippen LogP contribution in [-0.2, 0) is 4.79 Å². The van der Waals surface area contributed by atoms with Crippen LogP contribution in [0.3, 0.4) is 0 Å². The van der Waals surface area contributed by atoms with Crippen molar-refractivity contribution in [1.29, 1.82) is 0 Å². The Hall–Kier alpha value is -0.570. The second-order valence-electron chi connectivity index (χ2n) is 4.06. The van der Waals surface area contributed by atoms with Gasteiger partial charge in [-0.15, -0.1) is 0 Å². The third-order valence-electron chi connectivity index (χ3n) is 3.31. The molecule has 1 aliphatic carbocycles. The number of rotatable bonds is 1. The van der Waals surface area contributed by atoms with Crippen molar-refractivity contribution in [2.45, 2.75) is 44.2 Å². The molecule has 0 amide bonds. The highest BCUT2D eigenvalue weighted by atomic mass is 16.4. The van der Waals surface area contributed by atoms with Crippen molar-refractivity contribution in [2.75, 3.05) is 0 Å². The molecule has 0 aromatic carbocycles. The summed E-state index contributed by atoms with van der Waals surface area (Å²) in [6, 6.07) is 0.333. The van der Waals surface area contributed by atoms with E-state index in [1.165, 1.54) is 25.7 Å². The van der Waals surface area contributed by atoms with Crippen LogP contribution < -0.4 is 10.4 Å². The van der Waals surface area contributed by atoms with Gasteiger partial charge >= 0.3 is 0 Å². The van der Waals surface area contributed by atoms with Gasteiger partial charge in [0.15, 0.2) is 0 Å². The summed E-state index contributed by atoms with van der Waals surface area (Å²) >= 11 is 0. The Balaban J connectivity index is 1.98. The second kappa shape index (κ2) is 3.05. The highest BCUT2D eigenvalue weighted by Crippen LogP contribution is 2.28. The number of carbonyl (C=O) groups is 1. The van der Waals surface area contributed by atoms with E-state index in [0.717, 1.165) is 6.42 Å². The molecule has 2 fully saturated rings. The summed E-state index contributed by atoms with van der Waals surface area (Å²) in [7, 11) is 0. The quantitative estimate of drug-likeness (QED) is 0.526. The minimum Gasteiger partial charge on any atom is -0.544 e. The van der Waals surface area contributed by atoms with Gasteiger partial charge in [0, 0.05) is 12.3 Å². The van der Waals surface area contributed by atoms with Crippen LogP contribution in [0.1, 0.15) is 32.1 Å². The van der Waals surface area contributed by atoms with Crippen molar-refractivity contribution in [3.63, 3.8) is 0 Å². The number of hydrogen-bond acceptors (Lipinski definition) is 2. The smallest absolute Gasteiger partial charge is 0.127 e. The minimum atomic E-state index is -0.871. The Morgan fingerprint density at radius 3 is 2.75 bits per heavy atom. The van der Waals surface area contributed by atoms with E-state index < -0.39 is 5.97 Å². The molecule has 1 saturated heterocycles. The van der Waals surface area contributed by atoms with Crippen molar-refractivity contribution >= 4 is 5.97 Å². The van der Waals surface area contributed by atoms with E-state index in [1.54, 1.807) is 0 Å². The van der Waals surface area contributed by atoms with Gasteiger partial charge in [-0.05, 0) is 19.3 Å². The van der Waals surface area contributed by atoms with Gasteiger partial charge in [-0.25, -0.2) is 0 Å². The van der Waals surface area contributed by atoms with Gasteiger partial charge < -0.3 is 15.2 Å². The van der Waals surface area contributed by atoms with Gasteiger partial charge in [0.05, 0.1) is 12.0 Å². The normalized spacial score (nSPS) is 40.8. The lowest BCUT2D eigenvalue weighted by Crippen LogP contribution is -2.94. The van der Waals surface area contributed by atoms with Gasteiger partial charge in [-0.1, -0.05) is 6.42 Å². The van der Waals surface area contributed by atoms with Crippen molar-refractivity contribution in [2.24, 2.45) is 5.92 Å². The lowest BCUT2D eigenvalue weighted by molar-refractivity contribution is -0.699. The molecule has 1 saturated carbocycles. The second-order valence-corrected chi connectivity index (χ2v) is 4.06. The van der Waals surface area contributed by atoms with Crippen LogP contribution >= 0.6 is 0 Å². The predicted octanol–water partition coefficient (Wildman–Crippen LogP) is -1.37. The standard InChI is InChI=1S/C9H15NO2/c11-9(12)8-5-6-3-1-2-4-7(6)10-8/h6-8,10H,1-5H2,(H,11,12)/t6-,7-,8+/m0/s1. The first-order valence-corrected chi connectivity index (χ1v) is 4.83. The van der Waals surface area contributed by atoms with E-state index in [9.17, 15) is 9.90 Å². The topological polar surface area (TPSA) is 56.7 Å². The van der Waals surface area contributed by atoms with Crippen molar-refractivity contribution in [1.82, 2.24) is 0 Å². The SMILES string of the molecule is O=C([O-])[C@H]1C[C@@H]2CCCC[C@@H]2[NH2+]1. The van der Waals surface area contributed by atoms with Gasteiger partial charge in [0.25, 0.3) is 0 Å². The maximum Gasteiger partial charge on any atom is 0.127 e. The molecule has 3 atom stereocenters. The molecule has 0 aromatic heterocycles. The zero-order chi connectivity index (χ0) is 8.55. The fourth-order valence-corrected chi connectivity index (χ4v) is 2.66. The van der Waals surface area contributed by atoms with Crippen molar-refractivity contribution < 1.29 is 15.2 Å². The molecular formula is C9H15NO2. The lowest BCUT2D eigenvalue weighted by Gasteiger charge is -2.20. The summed E-state index contributed by atoms with van der Waals surface area (Å²) in [4.78, 5) is 10.6. The Morgan fingerprint density at radius 2 is 2.08 bits per heavy atom. The zero-order valence-corrected chi connectivity index (χ0v) is 7.16. The fraction of sp³-hybridized carbons (Fsp3) is 0.889. The van der Waals surface area contributed by atoms with Crippen LogP contribution in [0, 0.1) is 5.92 Å². The first kappa shape index (κ1) is 8.05. The Morgan fingerprint density at radius 1 is 1.33 bits per heavy atom. The Labute approximate surface area is 72.2 Å². The molecule has 0 unspecified atom stereocenters. The number of carboxylic acids is 1. The molecule has 2 aliphatic rings. The highest BCUT2D eigenvalue weighted by molar-refractivity contribution is 5.69. The van der Waals surface area contributed by atoms with E-state index in [0.29, 0.717) is 12.0 Å². The molecule has 68 valence electrons. The third kappa shape index (κ3) is 1.33. The monoisotopic (exact) mass is 169 g/mol. The highest BCUT2D eigenvalue weighted by Gasteiger charge is 2.39. The Bertz CT molecular complexity index is 179. The molecule has 1 heterocycles. The van der Waals surface area contributed by atoms with E-state index in [4.69, 9.17) is 0 Å². The van der Waals surface area contributed by atoms with Crippen LogP contribution in [0.5, 0.6) is 0 Å². The summed E-state index contributed by atoms with van der Waals surface area (Å²) in [5, 5.41) is 12.6. The summed E-state index contributed by atoms with van der Waals surface area (Å²) in [6.07, 6.45) is 5.83. The molecule has 3 nitrogen and oxygen atoms in total. The van der Waals surface area contributed by atoms with E-state index in [-0.39, 0.29) is 6.04 Å². The molecule has 0 radical (unpaired) electrons. The molecule has 2 N–H and O–H groups in total. The molecule has 12 heavy (non-hydrogen) atoms. The molecule has 2 rings (SSSR count). The molecule has 0 aromatic rings. The van der Waals surface area contributed by atoms with Gasteiger partial charge in [-0.2, -0.15) is 0 Å². The summed E-state index contributed by atoms with van der Waals surface area (Å²) in [6.45, 7) is 0. The van der Waals surface area contributed by atoms with Crippen LogP contribution in [0.15, 0.2) is 0 Å². The number of carbonyl (C=O) groups excluding carboxylic acids is 1. The summed E-state index contributed by atoms with van der Waals surface area (Å²) < 4.78 is 0. The van der Waals surface area contributed by atoms with E-state index in [2.05, 4.69) is 0 Å². The number of carboxylic acid groups (broad SMARTS) is 1. The largest absolute Gasteiger partial charge is 0.544 e. The molecule has 1 aliphatic heterocycles. The predicted molar refractivity (Wildman–Crippen MR) is 41.1 cm³/mol. The van der Waals surface area contributed by atoms with Gasteiger partial charge in [0.2, 0.25) is 0 Å². The maximum atomic E-state index is 10.6. The van der Waals surface area contributed by atoms with Crippen molar-refractivity contribution in [3.8, 4) is 0 Å².